The van der Waals surface area contributed by atoms with Gasteiger partial charge in [-0.3, -0.25) is 9.36 Å². The molecule has 0 spiro atoms. The first-order valence-corrected chi connectivity index (χ1v) is 10.1. The van der Waals surface area contributed by atoms with Gasteiger partial charge in [-0.05, 0) is 48.9 Å². The number of imidazole rings is 1. The number of anilines is 2. The fourth-order valence-electron chi connectivity index (χ4n) is 3.97. The fraction of sp³-hybridized carbons (Fsp3) is 0.0833. The van der Waals surface area contributed by atoms with Crippen molar-refractivity contribution >= 4 is 40.2 Å². The lowest BCUT2D eigenvalue weighted by Crippen LogP contribution is -2.30. The Kier molecular flexibility index (Phi) is 4.52. The van der Waals surface area contributed by atoms with Crippen molar-refractivity contribution in [3.63, 3.8) is 0 Å². The lowest BCUT2D eigenvalue weighted by Gasteiger charge is -2.30. The van der Waals surface area contributed by atoms with Crippen LogP contribution in [0.1, 0.15) is 18.5 Å². The van der Waals surface area contributed by atoms with Crippen molar-refractivity contribution in [2.45, 2.75) is 13.0 Å². The average Bonchev–Trinajstić information content (AvgIpc) is 3.11. The number of hydrogen-bond donors (Lipinski definition) is 2. The molecular weight excluding hydrogens is 396 g/mol. The molecule has 0 aliphatic carbocycles. The van der Waals surface area contributed by atoms with Crippen LogP contribution >= 0.6 is 11.6 Å². The normalized spacial score (nSPS) is 15.6. The average molecular weight is 415 g/mol. The third kappa shape index (κ3) is 3.13. The van der Waals surface area contributed by atoms with E-state index < -0.39 is 0 Å². The Bertz CT molecular complexity index is 1290. The van der Waals surface area contributed by atoms with E-state index in [1.807, 2.05) is 85.8 Å². The van der Waals surface area contributed by atoms with E-state index in [1.165, 1.54) is 0 Å². The van der Waals surface area contributed by atoms with Crippen molar-refractivity contribution in [1.29, 1.82) is 0 Å². The molecule has 1 aromatic heterocycles. The van der Waals surface area contributed by atoms with Gasteiger partial charge >= 0.3 is 0 Å². The molecule has 2 N–H and O–H groups in total. The number of para-hydroxylation sites is 3. The minimum atomic E-state index is -0.365. The van der Waals surface area contributed by atoms with E-state index in [4.69, 9.17) is 16.6 Å². The highest BCUT2D eigenvalue weighted by Gasteiger charge is 2.34. The molecule has 3 aromatic carbocycles. The molecule has 5 rings (SSSR count). The minimum Gasteiger partial charge on any atom is -0.329 e. The van der Waals surface area contributed by atoms with Gasteiger partial charge in [0, 0.05) is 16.4 Å². The molecule has 5 nitrogen and oxygen atoms in total. The van der Waals surface area contributed by atoms with Gasteiger partial charge in [-0.15, -0.1) is 0 Å². The highest BCUT2D eigenvalue weighted by atomic mass is 35.5. The van der Waals surface area contributed by atoms with E-state index in [1.54, 1.807) is 0 Å². The number of benzene rings is 3. The SMILES string of the molecule is CC1=C(C(=O)Nc2ccccc2)C(c2cccc(Cl)c2)n2c(nc3ccccc32)N1. The third-order valence-electron chi connectivity index (χ3n) is 5.27. The Morgan fingerprint density at radius 2 is 1.80 bits per heavy atom. The van der Waals surface area contributed by atoms with Crippen molar-refractivity contribution < 1.29 is 4.79 Å². The maximum atomic E-state index is 13.4. The quantitative estimate of drug-likeness (QED) is 0.457. The molecule has 1 unspecified atom stereocenters. The first-order valence-electron chi connectivity index (χ1n) is 9.68. The third-order valence-corrected chi connectivity index (χ3v) is 5.51. The van der Waals surface area contributed by atoms with Crippen LogP contribution in [-0.4, -0.2) is 15.5 Å². The number of nitrogens with one attached hydrogen (secondary N) is 2. The highest BCUT2D eigenvalue weighted by molar-refractivity contribution is 6.30. The topological polar surface area (TPSA) is 59.0 Å². The number of carbonyl (C=O) groups excluding carboxylic acids is 1. The Balaban J connectivity index is 1.69. The predicted molar refractivity (Wildman–Crippen MR) is 121 cm³/mol. The molecule has 1 aliphatic heterocycles. The van der Waals surface area contributed by atoms with Gasteiger partial charge in [0.15, 0.2) is 0 Å². The van der Waals surface area contributed by atoms with Gasteiger partial charge < -0.3 is 10.6 Å². The van der Waals surface area contributed by atoms with Crippen LogP contribution < -0.4 is 10.6 Å². The molecule has 1 aliphatic rings. The maximum Gasteiger partial charge on any atom is 0.255 e. The zero-order valence-electron chi connectivity index (χ0n) is 16.3. The molecule has 0 saturated carbocycles. The predicted octanol–water partition coefficient (Wildman–Crippen LogP) is 5.62. The Morgan fingerprint density at radius 3 is 2.60 bits per heavy atom. The lowest BCUT2D eigenvalue weighted by molar-refractivity contribution is -0.113. The summed E-state index contributed by atoms with van der Waals surface area (Å²) in [6, 6.07) is 24.6. The first kappa shape index (κ1) is 18.5. The number of nitrogens with zero attached hydrogens (tertiary/aromatic N) is 2. The van der Waals surface area contributed by atoms with Crippen molar-refractivity contribution in [2.75, 3.05) is 10.6 Å². The lowest BCUT2D eigenvalue weighted by atomic mass is 9.94. The summed E-state index contributed by atoms with van der Waals surface area (Å²) in [7, 11) is 0. The molecule has 0 radical (unpaired) electrons. The number of fused-ring (bicyclic) bond motifs is 3. The number of allylic oxidation sites excluding steroid dienone is 1. The highest BCUT2D eigenvalue weighted by Crippen LogP contribution is 2.40. The molecule has 0 bridgehead atoms. The second kappa shape index (κ2) is 7.35. The Labute approximate surface area is 179 Å². The fourth-order valence-corrected chi connectivity index (χ4v) is 4.17. The van der Waals surface area contributed by atoms with Gasteiger partial charge in [-0.1, -0.05) is 54.1 Å². The minimum absolute atomic E-state index is 0.167. The van der Waals surface area contributed by atoms with Crippen LogP contribution in [0.5, 0.6) is 0 Å². The van der Waals surface area contributed by atoms with Gasteiger partial charge in [0.05, 0.1) is 22.6 Å². The van der Waals surface area contributed by atoms with Crippen LogP contribution in [-0.2, 0) is 4.79 Å². The largest absolute Gasteiger partial charge is 0.329 e. The maximum absolute atomic E-state index is 13.4. The molecule has 4 aromatic rings. The van der Waals surface area contributed by atoms with Gasteiger partial charge in [0.25, 0.3) is 5.91 Å². The van der Waals surface area contributed by atoms with E-state index >= 15 is 0 Å². The number of halogens is 1. The molecule has 2 heterocycles. The summed E-state index contributed by atoms with van der Waals surface area (Å²) in [5.74, 6) is 0.537. The number of rotatable bonds is 3. The van der Waals surface area contributed by atoms with Crippen LogP contribution in [0.3, 0.4) is 0 Å². The van der Waals surface area contributed by atoms with Gasteiger partial charge in [0.2, 0.25) is 5.95 Å². The van der Waals surface area contributed by atoms with Crippen molar-refractivity contribution in [3.05, 3.63) is 101 Å². The van der Waals surface area contributed by atoms with Gasteiger partial charge in [-0.2, -0.15) is 0 Å². The molecule has 1 atom stereocenters. The summed E-state index contributed by atoms with van der Waals surface area (Å²) in [5, 5.41) is 6.96. The molecule has 148 valence electrons. The summed E-state index contributed by atoms with van der Waals surface area (Å²) < 4.78 is 2.06. The molecular formula is C24H19ClN4O. The van der Waals surface area contributed by atoms with E-state index in [9.17, 15) is 4.79 Å². The Hall–Kier alpha value is -3.57. The first-order chi connectivity index (χ1) is 14.6. The number of aromatic nitrogens is 2. The molecule has 30 heavy (non-hydrogen) atoms. The Morgan fingerprint density at radius 1 is 1.03 bits per heavy atom. The van der Waals surface area contributed by atoms with Crippen LogP contribution in [0.15, 0.2) is 90.1 Å². The second-order valence-electron chi connectivity index (χ2n) is 7.24. The summed E-state index contributed by atoms with van der Waals surface area (Å²) in [4.78, 5) is 18.2. The van der Waals surface area contributed by atoms with E-state index in [0.29, 0.717) is 16.5 Å². The molecule has 0 fully saturated rings. The molecule has 1 amide bonds. The molecule has 0 saturated heterocycles. The van der Waals surface area contributed by atoms with Crippen molar-refractivity contribution in [1.82, 2.24) is 9.55 Å². The van der Waals surface area contributed by atoms with Crippen LogP contribution in [0.25, 0.3) is 11.0 Å². The zero-order chi connectivity index (χ0) is 20.7. The second-order valence-corrected chi connectivity index (χ2v) is 7.67. The van der Waals surface area contributed by atoms with Crippen molar-refractivity contribution in [3.8, 4) is 0 Å². The summed E-state index contributed by atoms with van der Waals surface area (Å²) >= 11 is 6.32. The smallest absolute Gasteiger partial charge is 0.255 e. The van der Waals surface area contributed by atoms with Crippen LogP contribution in [0, 0.1) is 0 Å². The van der Waals surface area contributed by atoms with Crippen LogP contribution in [0.2, 0.25) is 5.02 Å². The molecule has 6 heteroatoms. The van der Waals surface area contributed by atoms with Crippen LogP contribution in [0.4, 0.5) is 11.6 Å². The van der Waals surface area contributed by atoms with E-state index in [2.05, 4.69) is 15.2 Å². The van der Waals surface area contributed by atoms with Crippen molar-refractivity contribution in [2.24, 2.45) is 0 Å². The summed E-state index contributed by atoms with van der Waals surface area (Å²) in [5.41, 5.74) is 4.86. The van der Waals surface area contributed by atoms with Gasteiger partial charge in [0.1, 0.15) is 0 Å². The number of amides is 1. The van der Waals surface area contributed by atoms with Gasteiger partial charge in [-0.25, -0.2) is 4.98 Å². The van der Waals surface area contributed by atoms with E-state index in [0.717, 1.165) is 28.0 Å². The summed E-state index contributed by atoms with van der Waals surface area (Å²) in [6.45, 7) is 1.90. The monoisotopic (exact) mass is 414 g/mol. The zero-order valence-corrected chi connectivity index (χ0v) is 17.0. The van der Waals surface area contributed by atoms with E-state index in [-0.39, 0.29) is 11.9 Å². The standard InChI is InChI=1S/C24H19ClN4O/c1-15-21(23(30)27-18-10-3-2-4-11-18)22(16-8-7-9-17(25)14-16)29-20-13-6-5-12-19(20)28-24(29)26-15/h2-14,22H,1H3,(H,26,28)(H,27,30). The summed E-state index contributed by atoms with van der Waals surface area (Å²) in [6.07, 6.45) is 0. The number of hydrogen-bond acceptors (Lipinski definition) is 3. The number of carbonyl (C=O) groups is 1.